The van der Waals surface area contributed by atoms with Gasteiger partial charge in [0.1, 0.15) is 0 Å². The molecular weight excluding hydrogens is 250 g/mol. The van der Waals surface area contributed by atoms with Gasteiger partial charge in [0, 0.05) is 18.7 Å². The van der Waals surface area contributed by atoms with Crippen LogP contribution in [0.3, 0.4) is 0 Å². The van der Waals surface area contributed by atoms with E-state index in [0.29, 0.717) is 13.2 Å². The highest BCUT2D eigenvalue weighted by Gasteiger charge is 2.36. The Hall–Kier alpha value is -1.68. The molecule has 0 saturated carbocycles. The lowest BCUT2D eigenvalue weighted by Gasteiger charge is -2.39. The summed E-state index contributed by atoms with van der Waals surface area (Å²) in [6.07, 6.45) is 0. The SMILES string of the molecule is OC1(c2ccccc2)CN(Cc2ccccc2)CCO1. The van der Waals surface area contributed by atoms with E-state index in [-0.39, 0.29) is 0 Å². The van der Waals surface area contributed by atoms with Crippen molar-refractivity contribution in [1.29, 1.82) is 0 Å². The van der Waals surface area contributed by atoms with E-state index in [0.717, 1.165) is 18.7 Å². The van der Waals surface area contributed by atoms with Crippen LogP contribution < -0.4 is 0 Å². The molecule has 1 fully saturated rings. The highest BCUT2D eigenvalue weighted by molar-refractivity contribution is 5.21. The third kappa shape index (κ3) is 2.90. The van der Waals surface area contributed by atoms with Gasteiger partial charge >= 0.3 is 0 Å². The van der Waals surface area contributed by atoms with Crippen LogP contribution in [0.5, 0.6) is 0 Å². The van der Waals surface area contributed by atoms with Crippen LogP contribution in [-0.4, -0.2) is 29.7 Å². The van der Waals surface area contributed by atoms with Crippen molar-refractivity contribution in [2.75, 3.05) is 19.7 Å². The van der Waals surface area contributed by atoms with E-state index >= 15 is 0 Å². The maximum atomic E-state index is 10.7. The third-order valence-corrected chi connectivity index (χ3v) is 3.66. The number of ether oxygens (including phenoxy) is 1. The van der Waals surface area contributed by atoms with Crippen LogP contribution in [0, 0.1) is 0 Å². The van der Waals surface area contributed by atoms with E-state index in [1.165, 1.54) is 5.56 Å². The molecule has 2 aromatic carbocycles. The minimum Gasteiger partial charge on any atom is -0.361 e. The first kappa shape index (κ1) is 13.3. The van der Waals surface area contributed by atoms with Gasteiger partial charge in [-0.2, -0.15) is 0 Å². The zero-order valence-electron chi connectivity index (χ0n) is 11.4. The highest BCUT2D eigenvalue weighted by Crippen LogP contribution is 2.27. The predicted molar refractivity (Wildman–Crippen MR) is 78.0 cm³/mol. The Morgan fingerprint density at radius 2 is 1.65 bits per heavy atom. The number of morpholine rings is 1. The first-order chi connectivity index (χ1) is 9.76. The van der Waals surface area contributed by atoms with Gasteiger partial charge in [0.25, 0.3) is 0 Å². The minimum atomic E-state index is -1.20. The fourth-order valence-electron chi connectivity index (χ4n) is 2.62. The molecule has 0 bridgehead atoms. The van der Waals surface area contributed by atoms with Gasteiger partial charge in [0.05, 0.1) is 13.2 Å². The average Bonchev–Trinajstić information content (AvgIpc) is 2.49. The highest BCUT2D eigenvalue weighted by atomic mass is 16.6. The number of rotatable bonds is 3. The summed E-state index contributed by atoms with van der Waals surface area (Å²) in [5, 5.41) is 10.7. The van der Waals surface area contributed by atoms with Crippen LogP contribution in [-0.2, 0) is 17.1 Å². The second-order valence-corrected chi connectivity index (χ2v) is 5.20. The van der Waals surface area contributed by atoms with E-state index in [1.807, 2.05) is 48.5 Å². The maximum Gasteiger partial charge on any atom is 0.205 e. The molecule has 1 saturated heterocycles. The van der Waals surface area contributed by atoms with Gasteiger partial charge in [-0.15, -0.1) is 0 Å². The third-order valence-electron chi connectivity index (χ3n) is 3.66. The normalized spacial score (nSPS) is 23.6. The van der Waals surface area contributed by atoms with Gasteiger partial charge in [0.2, 0.25) is 5.79 Å². The molecule has 3 rings (SSSR count). The Morgan fingerprint density at radius 3 is 2.35 bits per heavy atom. The van der Waals surface area contributed by atoms with Gasteiger partial charge in [-0.3, -0.25) is 4.90 Å². The summed E-state index contributed by atoms with van der Waals surface area (Å²) in [6, 6.07) is 19.9. The maximum absolute atomic E-state index is 10.7. The molecule has 1 unspecified atom stereocenters. The molecular formula is C17H19NO2. The molecule has 20 heavy (non-hydrogen) atoms. The van der Waals surface area contributed by atoms with Crippen LogP contribution in [0.25, 0.3) is 0 Å². The van der Waals surface area contributed by atoms with Crippen molar-refractivity contribution >= 4 is 0 Å². The van der Waals surface area contributed by atoms with Crippen molar-refractivity contribution in [3.05, 3.63) is 71.8 Å². The Kier molecular flexibility index (Phi) is 3.83. The molecule has 0 amide bonds. The minimum absolute atomic E-state index is 0.492. The number of hydrogen-bond acceptors (Lipinski definition) is 3. The molecule has 0 radical (unpaired) electrons. The molecule has 1 atom stereocenters. The van der Waals surface area contributed by atoms with Crippen molar-refractivity contribution in [3.8, 4) is 0 Å². The van der Waals surface area contributed by atoms with E-state index in [2.05, 4.69) is 17.0 Å². The largest absolute Gasteiger partial charge is 0.361 e. The van der Waals surface area contributed by atoms with Gasteiger partial charge in [-0.25, -0.2) is 0 Å². The second kappa shape index (κ2) is 5.75. The summed E-state index contributed by atoms with van der Waals surface area (Å²) in [5.74, 6) is -1.20. The molecule has 3 heteroatoms. The molecule has 0 aromatic heterocycles. The predicted octanol–water partition coefficient (Wildman–Crippen LogP) is 2.36. The Labute approximate surface area is 119 Å². The number of nitrogens with zero attached hydrogens (tertiary/aromatic N) is 1. The van der Waals surface area contributed by atoms with Crippen LogP contribution in [0.1, 0.15) is 11.1 Å². The summed E-state index contributed by atoms with van der Waals surface area (Å²) in [7, 11) is 0. The number of aliphatic hydroxyl groups is 1. The molecule has 1 N–H and O–H groups in total. The van der Waals surface area contributed by atoms with E-state index in [4.69, 9.17) is 4.74 Å². The van der Waals surface area contributed by atoms with Crippen molar-refractivity contribution in [3.63, 3.8) is 0 Å². The fraction of sp³-hybridized carbons (Fsp3) is 0.294. The lowest BCUT2D eigenvalue weighted by molar-refractivity contribution is -0.249. The molecule has 3 nitrogen and oxygen atoms in total. The quantitative estimate of drug-likeness (QED) is 0.928. The molecule has 0 spiro atoms. The lowest BCUT2D eigenvalue weighted by atomic mass is 10.0. The number of β-amino-alcohol motifs (C(OH)–C–C–N with tert-alkyl or cyclic N) is 1. The number of benzene rings is 2. The van der Waals surface area contributed by atoms with Gasteiger partial charge in [-0.05, 0) is 5.56 Å². The molecule has 0 aliphatic carbocycles. The van der Waals surface area contributed by atoms with Gasteiger partial charge in [0.15, 0.2) is 0 Å². The second-order valence-electron chi connectivity index (χ2n) is 5.20. The molecule has 1 aliphatic rings. The Bertz CT molecular complexity index is 543. The fourth-order valence-corrected chi connectivity index (χ4v) is 2.62. The molecule has 1 aliphatic heterocycles. The Balaban J connectivity index is 1.73. The zero-order valence-corrected chi connectivity index (χ0v) is 11.4. The average molecular weight is 269 g/mol. The topological polar surface area (TPSA) is 32.7 Å². The van der Waals surface area contributed by atoms with Crippen LogP contribution in [0.15, 0.2) is 60.7 Å². The van der Waals surface area contributed by atoms with Crippen LogP contribution in [0.4, 0.5) is 0 Å². The van der Waals surface area contributed by atoms with Crippen molar-refractivity contribution in [2.24, 2.45) is 0 Å². The van der Waals surface area contributed by atoms with E-state index in [1.54, 1.807) is 0 Å². The zero-order chi connectivity index (χ0) is 13.8. The van der Waals surface area contributed by atoms with E-state index < -0.39 is 5.79 Å². The summed E-state index contributed by atoms with van der Waals surface area (Å²) in [4.78, 5) is 2.23. The number of hydrogen-bond donors (Lipinski definition) is 1. The smallest absolute Gasteiger partial charge is 0.205 e. The summed E-state index contributed by atoms with van der Waals surface area (Å²) in [5.41, 5.74) is 2.07. The van der Waals surface area contributed by atoms with E-state index in [9.17, 15) is 5.11 Å². The Morgan fingerprint density at radius 1 is 1.00 bits per heavy atom. The van der Waals surface area contributed by atoms with Crippen LogP contribution >= 0.6 is 0 Å². The summed E-state index contributed by atoms with van der Waals surface area (Å²) < 4.78 is 5.63. The van der Waals surface area contributed by atoms with Gasteiger partial charge in [-0.1, -0.05) is 60.7 Å². The summed E-state index contributed by atoms with van der Waals surface area (Å²) in [6.45, 7) is 2.70. The lowest BCUT2D eigenvalue weighted by Crippen LogP contribution is -2.49. The monoisotopic (exact) mass is 269 g/mol. The van der Waals surface area contributed by atoms with Crippen molar-refractivity contribution < 1.29 is 9.84 Å². The first-order valence-electron chi connectivity index (χ1n) is 6.94. The molecule has 1 heterocycles. The van der Waals surface area contributed by atoms with Crippen molar-refractivity contribution in [2.45, 2.75) is 12.3 Å². The molecule has 104 valence electrons. The standard InChI is InChI=1S/C17H19NO2/c19-17(16-9-5-2-6-10-16)14-18(11-12-20-17)13-15-7-3-1-4-8-15/h1-10,19H,11-14H2. The van der Waals surface area contributed by atoms with Gasteiger partial charge < -0.3 is 9.84 Å². The summed E-state index contributed by atoms with van der Waals surface area (Å²) >= 11 is 0. The van der Waals surface area contributed by atoms with Crippen LogP contribution in [0.2, 0.25) is 0 Å². The van der Waals surface area contributed by atoms with Crippen molar-refractivity contribution in [1.82, 2.24) is 4.90 Å². The molecule has 2 aromatic rings. The first-order valence-corrected chi connectivity index (χ1v) is 6.94.